The van der Waals surface area contributed by atoms with Crippen molar-refractivity contribution in [2.75, 3.05) is 12.4 Å². The normalized spacial score (nSPS) is 16.6. The average molecular weight is 436 g/mol. The highest BCUT2D eigenvalue weighted by molar-refractivity contribution is 8.00. The van der Waals surface area contributed by atoms with Gasteiger partial charge in [0.25, 0.3) is 11.8 Å². The summed E-state index contributed by atoms with van der Waals surface area (Å²) < 4.78 is 5.44. The molecule has 0 saturated carbocycles. The lowest BCUT2D eigenvalue weighted by Crippen LogP contribution is -2.46. The van der Waals surface area contributed by atoms with E-state index in [0.717, 1.165) is 16.5 Å². The number of nitrogens with zero attached hydrogens (tertiary/aromatic N) is 1. The van der Waals surface area contributed by atoms with E-state index in [2.05, 4.69) is 10.4 Å². The van der Waals surface area contributed by atoms with Crippen LogP contribution >= 0.6 is 35.0 Å². The molecule has 2 N–H and O–H groups in total. The van der Waals surface area contributed by atoms with E-state index in [-0.39, 0.29) is 23.6 Å². The number of aromatic nitrogens is 1. The van der Waals surface area contributed by atoms with Gasteiger partial charge in [-0.25, -0.2) is 5.01 Å². The minimum atomic E-state index is -0.452. The number of carbonyl (C=O) groups is 2. The van der Waals surface area contributed by atoms with Gasteiger partial charge in [-0.15, -0.1) is 11.8 Å². The molecule has 0 bridgehead atoms. The molecule has 1 saturated heterocycles. The highest BCUT2D eigenvalue weighted by atomic mass is 35.5. The number of hydrogen-bond acceptors (Lipinski definition) is 4. The molecular formula is C19H15Cl2N3O3S. The van der Waals surface area contributed by atoms with E-state index in [1.807, 2.05) is 30.5 Å². The molecule has 0 radical (unpaired) electrons. The van der Waals surface area contributed by atoms with Crippen LogP contribution in [-0.4, -0.2) is 34.2 Å². The minimum absolute atomic E-state index is 0.168. The summed E-state index contributed by atoms with van der Waals surface area (Å²) in [7, 11) is 0. The maximum absolute atomic E-state index is 12.4. The van der Waals surface area contributed by atoms with Crippen LogP contribution in [0.2, 0.25) is 10.0 Å². The van der Waals surface area contributed by atoms with Gasteiger partial charge in [-0.05, 0) is 24.3 Å². The Balaban J connectivity index is 1.46. The number of carbonyl (C=O) groups excluding carboxylic acids is 2. The monoisotopic (exact) mass is 435 g/mol. The molecular weight excluding hydrogens is 421 g/mol. The van der Waals surface area contributed by atoms with Gasteiger partial charge in [-0.1, -0.05) is 41.4 Å². The van der Waals surface area contributed by atoms with E-state index in [1.54, 1.807) is 12.1 Å². The van der Waals surface area contributed by atoms with Gasteiger partial charge in [0.2, 0.25) is 0 Å². The Morgan fingerprint density at radius 2 is 2.11 bits per heavy atom. The number of para-hydroxylation sites is 1. The second-order valence-corrected chi connectivity index (χ2v) is 8.03. The molecule has 1 aromatic heterocycles. The summed E-state index contributed by atoms with van der Waals surface area (Å²) in [6.45, 7) is -0.281. The number of H-pyrrole nitrogens is 1. The Bertz CT molecular complexity index is 1060. The summed E-state index contributed by atoms with van der Waals surface area (Å²) in [4.78, 5) is 27.9. The predicted octanol–water partition coefficient (Wildman–Crippen LogP) is 4.16. The van der Waals surface area contributed by atoms with Crippen molar-refractivity contribution in [2.45, 2.75) is 5.37 Å². The second-order valence-electron chi connectivity index (χ2n) is 6.12. The molecule has 6 nitrogen and oxygen atoms in total. The minimum Gasteiger partial charge on any atom is -0.482 e. The van der Waals surface area contributed by atoms with E-state index in [9.17, 15) is 9.59 Å². The molecule has 2 amide bonds. The Morgan fingerprint density at radius 1 is 1.29 bits per heavy atom. The number of hydrogen-bond donors (Lipinski definition) is 2. The molecule has 1 atom stereocenters. The number of benzene rings is 2. The average Bonchev–Trinajstić information content (AvgIpc) is 3.25. The Hall–Kier alpha value is -2.35. The van der Waals surface area contributed by atoms with Crippen molar-refractivity contribution in [2.24, 2.45) is 0 Å². The van der Waals surface area contributed by atoms with Crippen LogP contribution in [0, 0.1) is 0 Å². The summed E-state index contributed by atoms with van der Waals surface area (Å²) >= 11 is 13.3. The smallest absolute Gasteiger partial charge is 0.276 e. The summed E-state index contributed by atoms with van der Waals surface area (Å²) in [5, 5.41) is 2.84. The first kappa shape index (κ1) is 19.0. The standard InChI is InChI=1S/C19H15Cl2N3O3S/c20-11-5-6-16(14(21)7-11)27-9-17(25)23-24-18(26)10-28-19(24)13-8-22-15-4-2-1-3-12(13)15/h1-8,19,22H,9-10H2,(H,23,25)/t19-/m1/s1. The number of halogens is 2. The molecule has 1 aliphatic rings. The van der Waals surface area contributed by atoms with E-state index in [0.29, 0.717) is 15.8 Å². The molecule has 144 valence electrons. The van der Waals surface area contributed by atoms with Crippen LogP contribution < -0.4 is 10.2 Å². The fourth-order valence-corrected chi connectivity index (χ4v) is 4.57. The van der Waals surface area contributed by atoms with Crippen molar-refractivity contribution >= 4 is 57.7 Å². The lowest BCUT2D eigenvalue weighted by Gasteiger charge is -2.24. The van der Waals surface area contributed by atoms with Crippen molar-refractivity contribution < 1.29 is 14.3 Å². The summed E-state index contributed by atoms with van der Waals surface area (Å²) in [5.74, 6) is 0.00954. The molecule has 2 aromatic carbocycles. The topological polar surface area (TPSA) is 74.4 Å². The van der Waals surface area contributed by atoms with Crippen LogP contribution in [0.1, 0.15) is 10.9 Å². The Morgan fingerprint density at radius 3 is 2.93 bits per heavy atom. The van der Waals surface area contributed by atoms with E-state index < -0.39 is 5.91 Å². The third-order valence-corrected chi connectivity index (χ3v) is 5.98. The second kappa shape index (κ2) is 7.95. The van der Waals surface area contributed by atoms with Gasteiger partial charge in [-0.3, -0.25) is 15.0 Å². The van der Waals surface area contributed by atoms with Gasteiger partial charge >= 0.3 is 0 Å². The van der Waals surface area contributed by atoms with Crippen molar-refractivity contribution in [1.29, 1.82) is 0 Å². The fourth-order valence-electron chi connectivity index (χ4n) is 2.98. The van der Waals surface area contributed by atoms with Gasteiger partial charge in [0.15, 0.2) is 6.61 Å². The van der Waals surface area contributed by atoms with Crippen LogP contribution in [0.3, 0.4) is 0 Å². The SMILES string of the molecule is O=C(COc1ccc(Cl)cc1Cl)NN1C(=O)CS[C@@H]1c1c[nH]c2ccccc12. The van der Waals surface area contributed by atoms with Gasteiger partial charge in [0.1, 0.15) is 11.1 Å². The molecule has 3 aromatic rings. The number of aromatic amines is 1. The molecule has 28 heavy (non-hydrogen) atoms. The first-order valence-corrected chi connectivity index (χ1v) is 10.2. The zero-order valence-corrected chi connectivity index (χ0v) is 16.8. The highest BCUT2D eigenvalue weighted by Gasteiger charge is 2.35. The molecule has 9 heteroatoms. The Kier molecular flexibility index (Phi) is 5.39. The first-order valence-electron chi connectivity index (χ1n) is 8.40. The molecule has 2 heterocycles. The van der Waals surface area contributed by atoms with Crippen molar-refractivity contribution in [3.8, 4) is 5.75 Å². The van der Waals surface area contributed by atoms with Gasteiger partial charge < -0.3 is 9.72 Å². The molecule has 0 aliphatic carbocycles. The molecule has 0 unspecified atom stereocenters. The van der Waals surface area contributed by atoms with Crippen LogP contribution in [0.5, 0.6) is 5.75 Å². The van der Waals surface area contributed by atoms with Crippen LogP contribution in [0.25, 0.3) is 10.9 Å². The zero-order chi connectivity index (χ0) is 19.7. The van der Waals surface area contributed by atoms with Crippen LogP contribution in [0.4, 0.5) is 0 Å². The van der Waals surface area contributed by atoms with Crippen molar-refractivity contribution in [3.63, 3.8) is 0 Å². The first-order chi connectivity index (χ1) is 13.5. The number of nitrogens with one attached hydrogen (secondary N) is 2. The maximum Gasteiger partial charge on any atom is 0.276 e. The largest absolute Gasteiger partial charge is 0.482 e. The lowest BCUT2D eigenvalue weighted by molar-refractivity contribution is -0.140. The fraction of sp³-hybridized carbons (Fsp3) is 0.158. The van der Waals surface area contributed by atoms with Crippen molar-refractivity contribution in [3.05, 3.63) is 64.3 Å². The number of hydrazine groups is 1. The third-order valence-electron chi connectivity index (χ3n) is 4.25. The quantitative estimate of drug-likeness (QED) is 0.630. The molecule has 1 fully saturated rings. The van der Waals surface area contributed by atoms with Crippen molar-refractivity contribution in [1.82, 2.24) is 15.4 Å². The molecule has 1 aliphatic heterocycles. The number of rotatable bonds is 5. The molecule has 4 rings (SSSR count). The summed E-state index contributed by atoms with van der Waals surface area (Å²) in [5.41, 5.74) is 4.56. The highest BCUT2D eigenvalue weighted by Crippen LogP contribution is 2.40. The van der Waals surface area contributed by atoms with E-state index in [4.69, 9.17) is 27.9 Å². The lowest BCUT2D eigenvalue weighted by atomic mass is 10.1. The maximum atomic E-state index is 12.4. The zero-order valence-electron chi connectivity index (χ0n) is 14.4. The number of ether oxygens (including phenoxy) is 1. The van der Waals surface area contributed by atoms with Gasteiger partial charge in [0, 0.05) is 27.7 Å². The molecule has 0 spiro atoms. The Labute approximate surface area is 175 Å². The summed E-state index contributed by atoms with van der Waals surface area (Å²) in [6, 6.07) is 12.6. The van der Waals surface area contributed by atoms with Crippen LogP contribution in [-0.2, 0) is 9.59 Å². The van der Waals surface area contributed by atoms with Crippen LogP contribution in [0.15, 0.2) is 48.7 Å². The third kappa shape index (κ3) is 3.78. The van der Waals surface area contributed by atoms with Gasteiger partial charge in [-0.2, -0.15) is 0 Å². The number of fused-ring (bicyclic) bond motifs is 1. The van der Waals surface area contributed by atoms with Gasteiger partial charge in [0.05, 0.1) is 10.8 Å². The number of thioether (sulfide) groups is 1. The summed E-state index contributed by atoms with van der Waals surface area (Å²) in [6.07, 6.45) is 1.87. The predicted molar refractivity (Wildman–Crippen MR) is 110 cm³/mol. The van der Waals surface area contributed by atoms with E-state index in [1.165, 1.54) is 22.8 Å². The number of amides is 2. The van der Waals surface area contributed by atoms with E-state index >= 15 is 0 Å².